The monoisotopic (exact) mass is 257 g/mol. The SMILES string of the molecule is Nc1cc([S])cc(C(=O)NCc2ccccc2)c1. The van der Waals surface area contributed by atoms with Crippen LogP contribution in [0.2, 0.25) is 0 Å². The van der Waals surface area contributed by atoms with Crippen LogP contribution in [0.5, 0.6) is 0 Å². The van der Waals surface area contributed by atoms with Crippen LogP contribution in [0.1, 0.15) is 15.9 Å². The van der Waals surface area contributed by atoms with Gasteiger partial charge in [0.1, 0.15) is 0 Å². The maximum atomic E-state index is 11.9. The van der Waals surface area contributed by atoms with Gasteiger partial charge in [-0.05, 0) is 23.8 Å². The summed E-state index contributed by atoms with van der Waals surface area (Å²) in [6.45, 7) is 0.487. The number of amides is 1. The maximum Gasteiger partial charge on any atom is 0.251 e. The van der Waals surface area contributed by atoms with Crippen LogP contribution in [0, 0.1) is 0 Å². The smallest absolute Gasteiger partial charge is 0.251 e. The molecule has 91 valence electrons. The van der Waals surface area contributed by atoms with Crippen LogP contribution in [-0.2, 0) is 6.54 Å². The minimum Gasteiger partial charge on any atom is -0.399 e. The van der Waals surface area contributed by atoms with Crippen molar-refractivity contribution in [2.75, 3.05) is 5.73 Å². The fraction of sp³-hybridized carbons (Fsp3) is 0.0714. The number of carbonyl (C=O) groups is 1. The van der Waals surface area contributed by atoms with Gasteiger partial charge in [-0.2, -0.15) is 0 Å². The number of nitrogens with one attached hydrogen (secondary N) is 1. The first-order chi connectivity index (χ1) is 8.65. The van der Waals surface area contributed by atoms with Crippen molar-refractivity contribution in [1.82, 2.24) is 5.32 Å². The van der Waals surface area contributed by atoms with E-state index in [0.29, 0.717) is 22.7 Å². The van der Waals surface area contributed by atoms with Gasteiger partial charge in [0.15, 0.2) is 0 Å². The van der Waals surface area contributed by atoms with E-state index in [2.05, 4.69) is 5.32 Å². The van der Waals surface area contributed by atoms with E-state index in [1.54, 1.807) is 18.2 Å². The van der Waals surface area contributed by atoms with Crippen molar-refractivity contribution in [1.29, 1.82) is 0 Å². The molecule has 0 spiro atoms. The average Bonchev–Trinajstić information content (AvgIpc) is 2.36. The molecule has 3 nitrogen and oxygen atoms in total. The van der Waals surface area contributed by atoms with Gasteiger partial charge in [-0.15, -0.1) is 0 Å². The Balaban J connectivity index is 2.04. The van der Waals surface area contributed by atoms with E-state index in [-0.39, 0.29) is 5.91 Å². The number of nitrogens with two attached hydrogens (primary N) is 1. The lowest BCUT2D eigenvalue weighted by molar-refractivity contribution is 0.0950. The van der Waals surface area contributed by atoms with E-state index in [1.165, 1.54) is 0 Å². The van der Waals surface area contributed by atoms with E-state index in [4.69, 9.17) is 18.4 Å². The number of nitrogen functional groups attached to an aromatic ring is 1. The maximum absolute atomic E-state index is 11.9. The highest BCUT2D eigenvalue weighted by Gasteiger charge is 2.06. The number of hydrogen-bond donors (Lipinski definition) is 2. The van der Waals surface area contributed by atoms with Crippen molar-refractivity contribution in [2.45, 2.75) is 11.4 Å². The molecule has 2 rings (SSSR count). The summed E-state index contributed by atoms with van der Waals surface area (Å²) in [5.74, 6) is -0.169. The molecular formula is C14H13N2OS. The second kappa shape index (κ2) is 5.51. The third-order valence-electron chi connectivity index (χ3n) is 2.49. The topological polar surface area (TPSA) is 55.1 Å². The fourth-order valence-corrected chi connectivity index (χ4v) is 1.90. The Labute approximate surface area is 111 Å². The standard InChI is InChI=1S/C14H13N2OS/c15-12-6-11(7-13(18)8-12)14(17)16-9-10-4-2-1-3-5-10/h1-8H,9,15H2,(H,16,17). The molecule has 0 heterocycles. The highest BCUT2D eigenvalue weighted by Crippen LogP contribution is 2.15. The Morgan fingerprint density at radius 1 is 1.17 bits per heavy atom. The van der Waals surface area contributed by atoms with Gasteiger partial charge >= 0.3 is 0 Å². The van der Waals surface area contributed by atoms with Gasteiger partial charge in [0.25, 0.3) is 5.91 Å². The summed E-state index contributed by atoms with van der Waals surface area (Å²) in [5, 5.41) is 2.83. The van der Waals surface area contributed by atoms with Crippen molar-refractivity contribution in [2.24, 2.45) is 0 Å². The molecule has 3 N–H and O–H groups in total. The molecule has 4 heteroatoms. The zero-order valence-corrected chi connectivity index (χ0v) is 10.5. The lowest BCUT2D eigenvalue weighted by Gasteiger charge is -2.06. The second-order valence-electron chi connectivity index (χ2n) is 3.96. The van der Waals surface area contributed by atoms with Crippen LogP contribution in [0.25, 0.3) is 0 Å². The molecule has 0 saturated heterocycles. The highest BCUT2D eigenvalue weighted by atomic mass is 32.1. The number of anilines is 1. The summed E-state index contributed by atoms with van der Waals surface area (Å²) in [6, 6.07) is 14.6. The first kappa shape index (κ1) is 12.4. The zero-order valence-electron chi connectivity index (χ0n) is 9.72. The van der Waals surface area contributed by atoms with Crippen molar-refractivity contribution in [3.63, 3.8) is 0 Å². The normalized spacial score (nSPS) is 10.0. The van der Waals surface area contributed by atoms with Crippen molar-refractivity contribution in [3.05, 3.63) is 59.7 Å². The van der Waals surface area contributed by atoms with Crippen molar-refractivity contribution < 1.29 is 4.79 Å². The molecule has 0 saturated carbocycles. The van der Waals surface area contributed by atoms with Crippen molar-refractivity contribution in [3.8, 4) is 0 Å². The summed E-state index contributed by atoms with van der Waals surface area (Å²) in [7, 11) is 0. The van der Waals surface area contributed by atoms with Gasteiger partial charge in [-0.1, -0.05) is 43.0 Å². The molecule has 2 aromatic rings. The zero-order chi connectivity index (χ0) is 13.0. The van der Waals surface area contributed by atoms with E-state index in [1.807, 2.05) is 30.3 Å². The Morgan fingerprint density at radius 2 is 1.89 bits per heavy atom. The summed E-state index contributed by atoms with van der Waals surface area (Å²) in [6.07, 6.45) is 0. The minimum atomic E-state index is -0.169. The summed E-state index contributed by atoms with van der Waals surface area (Å²) in [5.41, 5.74) is 7.71. The molecule has 0 bridgehead atoms. The molecule has 0 aliphatic carbocycles. The summed E-state index contributed by atoms with van der Waals surface area (Å²) < 4.78 is 0. The highest BCUT2D eigenvalue weighted by molar-refractivity contribution is 7.80. The van der Waals surface area contributed by atoms with Gasteiger partial charge in [0, 0.05) is 22.7 Å². The Morgan fingerprint density at radius 3 is 2.56 bits per heavy atom. The first-order valence-electron chi connectivity index (χ1n) is 5.55. The molecule has 18 heavy (non-hydrogen) atoms. The van der Waals surface area contributed by atoms with Gasteiger partial charge in [0.2, 0.25) is 0 Å². The molecule has 0 aromatic heterocycles. The number of hydrogen-bond acceptors (Lipinski definition) is 2. The number of rotatable bonds is 3. The fourth-order valence-electron chi connectivity index (χ4n) is 1.63. The van der Waals surface area contributed by atoms with Gasteiger partial charge in [-0.3, -0.25) is 4.79 Å². The molecular weight excluding hydrogens is 244 g/mol. The summed E-state index contributed by atoms with van der Waals surface area (Å²) >= 11 is 5.02. The molecule has 0 unspecified atom stereocenters. The van der Waals surface area contributed by atoms with Crippen LogP contribution in [0.4, 0.5) is 5.69 Å². The van der Waals surface area contributed by atoms with Crippen LogP contribution in [-0.4, -0.2) is 5.91 Å². The molecule has 0 aliphatic rings. The molecule has 0 aliphatic heterocycles. The Hall–Kier alpha value is -2.07. The first-order valence-corrected chi connectivity index (χ1v) is 5.96. The van der Waals surface area contributed by atoms with E-state index in [9.17, 15) is 4.79 Å². The quantitative estimate of drug-likeness (QED) is 0.831. The van der Waals surface area contributed by atoms with E-state index in [0.717, 1.165) is 5.56 Å². The van der Waals surface area contributed by atoms with Crippen LogP contribution < -0.4 is 11.1 Å². The van der Waals surface area contributed by atoms with Crippen LogP contribution in [0.3, 0.4) is 0 Å². The van der Waals surface area contributed by atoms with Gasteiger partial charge in [-0.25, -0.2) is 0 Å². The van der Waals surface area contributed by atoms with Crippen LogP contribution in [0.15, 0.2) is 53.4 Å². The van der Waals surface area contributed by atoms with E-state index < -0.39 is 0 Å². The lowest BCUT2D eigenvalue weighted by atomic mass is 10.1. The lowest BCUT2D eigenvalue weighted by Crippen LogP contribution is -2.22. The van der Waals surface area contributed by atoms with Gasteiger partial charge < -0.3 is 11.1 Å². The van der Waals surface area contributed by atoms with E-state index >= 15 is 0 Å². The third-order valence-corrected chi connectivity index (χ3v) is 2.72. The molecule has 0 atom stereocenters. The average molecular weight is 257 g/mol. The Kier molecular flexibility index (Phi) is 3.79. The largest absolute Gasteiger partial charge is 0.399 e. The molecule has 2 aromatic carbocycles. The predicted molar refractivity (Wildman–Crippen MR) is 74.3 cm³/mol. The van der Waals surface area contributed by atoms with Crippen LogP contribution >= 0.6 is 12.6 Å². The van der Waals surface area contributed by atoms with Gasteiger partial charge in [0.05, 0.1) is 0 Å². The predicted octanol–water partition coefficient (Wildman–Crippen LogP) is 2.76. The third kappa shape index (κ3) is 3.21. The Bertz CT molecular complexity index is 535. The van der Waals surface area contributed by atoms with Crippen molar-refractivity contribution >= 4 is 24.2 Å². The second-order valence-corrected chi connectivity index (χ2v) is 4.43. The minimum absolute atomic E-state index is 0.169. The molecule has 1 amide bonds. The molecule has 0 fully saturated rings. The number of benzene rings is 2. The summed E-state index contributed by atoms with van der Waals surface area (Å²) in [4.78, 5) is 12.5. The molecule has 1 radical (unpaired) electrons. The number of carbonyl (C=O) groups excluding carboxylic acids is 1.